The third kappa shape index (κ3) is 2.50. The van der Waals surface area contributed by atoms with Gasteiger partial charge in [-0.05, 0) is 36.0 Å². The Labute approximate surface area is 114 Å². The van der Waals surface area contributed by atoms with Crippen LogP contribution in [-0.4, -0.2) is 20.4 Å². The first kappa shape index (κ1) is 12.6. The van der Waals surface area contributed by atoms with Crippen LogP contribution in [0.25, 0.3) is 0 Å². The summed E-state index contributed by atoms with van der Waals surface area (Å²) in [5, 5.41) is 3.53. The minimum Gasteiger partial charge on any atom is -0.493 e. The fourth-order valence-electron chi connectivity index (χ4n) is 2.75. The predicted molar refractivity (Wildman–Crippen MR) is 72.8 cm³/mol. The Morgan fingerprint density at radius 3 is 2.84 bits per heavy atom. The highest BCUT2D eigenvalue weighted by Crippen LogP contribution is 2.42. The van der Waals surface area contributed by atoms with Crippen molar-refractivity contribution in [2.24, 2.45) is 5.41 Å². The summed E-state index contributed by atoms with van der Waals surface area (Å²) >= 11 is 0. The second kappa shape index (κ2) is 4.93. The molecule has 0 unspecified atom stereocenters. The van der Waals surface area contributed by atoms with Gasteiger partial charge in [-0.2, -0.15) is 0 Å². The molecule has 0 spiro atoms. The van der Waals surface area contributed by atoms with Crippen LogP contribution in [0.5, 0.6) is 17.2 Å². The summed E-state index contributed by atoms with van der Waals surface area (Å²) in [5.41, 5.74) is 1.67. The Balaban J connectivity index is 1.64. The van der Waals surface area contributed by atoms with E-state index in [0.29, 0.717) is 5.41 Å². The summed E-state index contributed by atoms with van der Waals surface area (Å²) in [7, 11) is 1.66. The Morgan fingerprint density at radius 1 is 1.32 bits per heavy atom. The number of ether oxygens (including phenoxy) is 3. The monoisotopic (exact) mass is 263 g/mol. The maximum atomic E-state index is 5.43. The van der Waals surface area contributed by atoms with Gasteiger partial charge in [0.05, 0.1) is 7.11 Å². The molecule has 0 bridgehead atoms. The lowest BCUT2D eigenvalue weighted by Gasteiger charge is -2.38. The van der Waals surface area contributed by atoms with Gasteiger partial charge in [-0.1, -0.05) is 13.3 Å². The number of rotatable bonds is 5. The Kier molecular flexibility index (Phi) is 3.27. The van der Waals surface area contributed by atoms with Crippen molar-refractivity contribution >= 4 is 0 Å². The van der Waals surface area contributed by atoms with E-state index in [1.807, 2.05) is 12.1 Å². The lowest BCUT2D eigenvalue weighted by Crippen LogP contribution is -2.36. The fourth-order valence-corrected chi connectivity index (χ4v) is 2.75. The molecule has 0 saturated heterocycles. The molecule has 1 aromatic rings. The molecule has 1 saturated carbocycles. The molecule has 1 aliphatic carbocycles. The van der Waals surface area contributed by atoms with Crippen LogP contribution in [0.4, 0.5) is 0 Å². The molecule has 0 aromatic heterocycles. The van der Waals surface area contributed by atoms with Gasteiger partial charge in [-0.25, -0.2) is 0 Å². The second-order valence-electron chi connectivity index (χ2n) is 5.80. The van der Waals surface area contributed by atoms with E-state index in [1.165, 1.54) is 24.8 Å². The fraction of sp³-hybridized carbons (Fsp3) is 0.600. The van der Waals surface area contributed by atoms with E-state index < -0.39 is 0 Å². The highest BCUT2D eigenvalue weighted by Gasteiger charge is 2.31. The van der Waals surface area contributed by atoms with Crippen molar-refractivity contribution in [2.75, 3.05) is 20.4 Å². The van der Waals surface area contributed by atoms with Crippen molar-refractivity contribution in [1.29, 1.82) is 0 Å². The largest absolute Gasteiger partial charge is 0.493 e. The zero-order valence-electron chi connectivity index (χ0n) is 11.6. The quantitative estimate of drug-likeness (QED) is 0.886. The number of hydrogen-bond acceptors (Lipinski definition) is 4. The first-order valence-corrected chi connectivity index (χ1v) is 6.87. The Morgan fingerprint density at radius 2 is 2.16 bits per heavy atom. The van der Waals surface area contributed by atoms with Gasteiger partial charge in [0.15, 0.2) is 11.5 Å². The molecule has 1 aliphatic heterocycles. The summed E-state index contributed by atoms with van der Waals surface area (Å²) < 4.78 is 16.2. The number of nitrogens with one attached hydrogen (secondary N) is 1. The average molecular weight is 263 g/mol. The van der Waals surface area contributed by atoms with Crippen molar-refractivity contribution in [3.63, 3.8) is 0 Å². The van der Waals surface area contributed by atoms with Crippen LogP contribution in [-0.2, 0) is 6.54 Å². The minimum atomic E-state index is 0.278. The second-order valence-corrected chi connectivity index (χ2v) is 5.80. The first-order chi connectivity index (χ1) is 9.20. The molecule has 0 atom stereocenters. The van der Waals surface area contributed by atoms with Gasteiger partial charge >= 0.3 is 0 Å². The normalized spacial score (nSPS) is 19.1. The third-order valence-electron chi connectivity index (χ3n) is 4.16. The molecule has 1 fully saturated rings. The molecule has 0 amide bonds. The summed E-state index contributed by atoms with van der Waals surface area (Å²) in [6.45, 7) is 4.54. The van der Waals surface area contributed by atoms with Gasteiger partial charge in [0.2, 0.25) is 12.5 Å². The topological polar surface area (TPSA) is 39.7 Å². The van der Waals surface area contributed by atoms with E-state index in [2.05, 4.69) is 12.2 Å². The summed E-state index contributed by atoms with van der Waals surface area (Å²) in [5.74, 6) is 2.25. The molecule has 19 heavy (non-hydrogen) atoms. The lowest BCUT2D eigenvalue weighted by atomic mass is 9.70. The van der Waals surface area contributed by atoms with Crippen LogP contribution in [0.15, 0.2) is 12.1 Å². The van der Waals surface area contributed by atoms with Crippen LogP contribution in [0.1, 0.15) is 31.7 Å². The minimum absolute atomic E-state index is 0.278. The van der Waals surface area contributed by atoms with Gasteiger partial charge in [-0.15, -0.1) is 0 Å². The Hall–Kier alpha value is -1.42. The zero-order chi connectivity index (χ0) is 13.3. The predicted octanol–water partition coefficient (Wildman–Crippen LogP) is 2.70. The molecule has 3 rings (SSSR count). The van der Waals surface area contributed by atoms with Crippen molar-refractivity contribution in [2.45, 2.75) is 32.7 Å². The molecular formula is C15H21NO3. The van der Waals surface area contributed by atoms with E-state index >= 15 is 0 Å². The molecule has 1 aromatic carbocycles. The zero-order valence-corrected chi connectivity index (χ0v) is 11.6. The SMILES string of the molecule is COc1cc(CNCC2(C)CCC2)cc2c1OCO2. The standard InChI is InChI=1S/C15H21NO3/c1-15(4-3-5-15)9-16-8-11-6-12(17-2)14-13(7-11)18-10-19-14/h6-7,16H,3-5,8-10H2,1-2H3. The maximum Gasteiger partial charge on any atom is 0.231 e. The van der Waals surface area contributed by atoms with E-state index in [4.69, 9.17) is 14.2 Å². The molecular weight excluding hydrogens is 242 g/mol. The third-order valence-corrected chi connectivity index (χ3v) is 4.16. The molecule has 104 valence electrons. The van der Waals surface area contributed by atoms with E-state index in [1.54, 1.807) is 7.11 Å². The molecule has 2 aliphatic rings. The van der Waals surface area contributed by atoms with Crippen LogP contribution >= 0.6 is 0 Å². The van der Waals surface area contributed by atoms with Crippen molar-refractivity contribution in [1.82, 2.24) is 5.32 Å². The van der Waals surface area contributed by atoms with E-state index in [9.17, 15) is 0 Å². The molecule has 0 radical (unpaired) electrons. The Bertz CT molecular complexity index is 469. The van der Waals surface area contributed by atoms with Gasteiger partial charge in [0.1, 0.15) is 0 Å². The van der Waals surface area contributed by atoms with Crippen molar-refractivity contribution in [3.8, 4) is 17.2 Å². The summed E-state index contributed by atoms with van der Waals surface area (Å²) in [6, 6.07) is 4.05. The van der Waals surface area contributed by atoms with Gasteiger partial charge < -0.3 is 19.5 Å². The summed E-state index contributed by atoms with van der Waals surface area (Å²) in [6.07, 6.45) is 4.05. The summed E-state index contributed by atoms with van der Waals surface area (Å²) in [4.78, 5) is 0. The van der Waals surface area contributed by atoms with Gasteiger partial charge in [0, 0.05) is 13.1 Å². The average Bonchev–Trinajstić information content (AvgIpc) is 2.84. The number of hydrogen-bond donors (Lipinski definition) is 1. The lowest BCUT2D eigenvalue weighted by molar-refractivity contribution is 0.156. The smallest absolute Gasteiger partial charge is 0.231 e. The highest BCUT2D eigenvalue weighted by atomic mass is 16.7. The molecule has 4 nitrogen and oxygen atoms in total. The number of methoxy groups -OCH3 is 1. The van der Waals surface area contributed by atoms with Gasteiger partial charge in [0.25, 0.3) is 0 Å². The van der Waals surface area contributed by atoms with E-state index in [-0.39, 0.29) is 6.79 Å². The van der Waals surface area contributed by atoms with Crippen molar-refractivity contribution < 1.29 is 14.2 Å². The number of benzene rings is 1. The molecule has 1 heterocycles. The van der Waals surface area contributed by atoms with E-state index in [0.717, 1.165) is 30.3 Å². The first-order valence-electron chi connectivity index (χ1n) is 6.87. The van der Waals surface area contributed by atoms with Crippen LogP contribution in [0, 0.1) is 5.41 Å². The van der Waals surface area contributed by atoms with Gasteiger partial charge in [-0.3, -0.25) is 0 Å². The highest BCUT2D eigenvalue weighted by molar-refractivity contribution is 5.55. The number of fused-ring (bicyclic) bond motifs is 1. The van der Waals surface area contributed by atoms with Crippen LogP contribution < -0.4 is 19.5 Å². The maximum absolute atomic E-state index is 5.43. The van der Waals surface area contributed by atoms with Crippen molar-refractivity contribution in [3.05, 3.63) is 17.7 Å². The van der Waals surface area contributed by atoms with Crippen LogP contribution in [0.3, 0.4) is 0 Å². The molecule has 1 N–H and O–H groups in total. The van der Waals surface area contributed by atoms with Crippen LogP contribution in [0.2, 0.25) is 0 Å². The molecule has 4 heteroatoms.